The Kier molecular flexibility index (Phi) is 8.55. The molecule has 9 nitrogen and oxygen atoms in total. The van der Waals surface area contributed by atoms with Crippen molar-refractivity contribution in [1.29, 1.82) is 0 Å². The van der Waals surface area contributed by atoms with Crippen LogP contribution in [-0.4, -0.2) is 52.3 Å². The standard InChI is InChI=1S/C30H37NO8/c1-28(2,3)38-24(32)22(25(33)39-29(4,5)6)15-16-30(31,26(34)35)27(36)37-17-23-20-13-9-7-11-18(20)19-12-8-10-14-21(19)23/h7-14,22-23H,15-17,31H2,1-6H3,(H,34,35). The molecule has 0 fully saturated rings. The largest absolute Gasteiger partial charge is 0.479 e. The summed E-state index contributed by atoms with van der Waals surface area (Å²) in [6.07, 6.45) is -0.945. The van der Waals surface area contributed by atoms with Crippen LogP contribution in [0.15, 0.2) is 48.5 Å². The highest BCUT2D eigenvalue weighted by Gasteiger charge is 2.47. The third-order valence-corrected chi connectivity index (χ3v) is 6.30. The van der Waals surface area contributed by atoms with Crippen LogP contribution < -0.4 is 5.73 Å². The second-order valence-corrected chi connectivity index (χ2v) is 11.8. The molecule has 0 spiro atoms. The van der Waals surface area contributed by atoms with Crippen LogP contribution in [0.4, 0.5) is 0 Å². The van der Waals surface area contributed by atoms with Crippen LogP contribution in [0.2, 0.25) is 0 Å². The molecular formula is C30H37NO8. The van der Waals surface area contributed by atoms with E-state index in [2.05, 4.69) is 0 Å². The van der Waals surface area contributed by atoms with Crippen molar-refractivity contribution in [2.24, 2.45) is 11.7 Å². The second-order valence-electron chi connectivity index (χ2n) is 11.8. The topological polar surface area (TPSA) is 142 Å². The van der Waals surface area contributed by atoms with Crippen molar-refractivity contribution in [1.82, 2.24) is 0 Å². The van der Waals surface area contributed by atoms with E-state index in [0.717, 1.165) is 22.3 Å². The van der Waals surface area contributed by atoms with Crippen LogP contribution in [0, 0.1) is 5.92 Å². The quantitative estimate of drug-likeness (QED) is 0.272. The minimum absolute atomic E-state index is 0.124. The van der Waals surface area contributed by atoms with Crippen LogP contribution in [0.25, 0.3) is 11.1 Å². The normalized spacial score (nSPS) is 14.7. The first-order chi connectivity index (χ1) is 18.0. The summed E-state index contributed by atoms with van der Waals surface area (Å²) in [4.78, 5) is 51.0. The number of esters is 3. The van der Waals surface area contributed by atoms with Gasteiger partial charge in [-0.1, -0.05) is 48.5 Å². The molecule has 2 aromatic rings. The smallest absolute Gasteiger partial charge is 0.337 e. The van der Waals surface area contributed by atoms with E-state index in [4.69, 9.17) is 19.9 Å². The Morgan fingerprint density at radius 3 is 1.67 bits per heavy atom. The van der Waals surface area contributed by atoms with E-state index in [1.54, 1.807) is 41.5 Å². The van der Waals surface area contributed by atoms with E-state index in [0.29, 0.717) is 0 Å². The molecule has 1 atom stereocenters. The van der Waals surface area contributed by atoms with Gasteiger partial charge in [0.2, 0.25) is 5.54 Å². The molecule has 2 aromatic carbocycles. The molecule has 0 saturated carbocycles. The number of nitrogens with two attached hydrogens (primary N) is 1. The van der Waals surface area contributed by atoms with Crippen LogP contribution in [0.1, 0.15) is 71.4 Å². The first-order valence-electron chi connectivity index (χ1n) is 12.9. The van der Waals surface area contributed by atoms with E-state index in [1.165, 1.54) is 0 Å². The number of ether oxygens (including phenoxy) is 3. The second kappa shape index (κ2) is 11.2. The zero-order valence-corrected chi connectivity index (χ0v) is 23.3. The fraction of sp³-hybridized carbons (Fsp3) is 0.467. The van der Waals surface area contributed by atoms with Gasteiger partial charge in [0.15, 0.2) is 5.92 Å². The molecule has 0 heterocycles. The highest BCUT2D eigenvalue weighted by Crippen LogP contribution is 2.44. The lowest BCUT2D eigenvalue weighted by atomic mass is 9.89. The summed E-state index contributed by atoms with van der Waals surface area (Å²) in [6, 6.07) is 15.5. The number of carbonyl (C=O) groups excluding carboxylic acids is 3. The van der Waals surface area contributed by atoms with Crippen molar-refractivity contribution in [2.75, 3.05) is 6.61 Å². The number of benzene rings is 2. The summed E-state index contributed by atoms with van der Waals surface area (Å²) in [5, 5.41) is 9.92. The molecule has 0 saturated heterocycles. The van der Waals surface area contributed by atoms with Gasteiger partial charge in [-0.25, -0.2) is 9.59 Å². The number of carbonyl (C=O) groups is 4. The number of fused-ring (bicyclic) bond motifs is 3. The minimum atomic E-state index is -2.50. The SMILES string of the molecule is CC(C)(C)OC(=O)C(CCC(N)(C(=O)O)C(=O)OCC1c2ccccc2-c2ccccc21)C(=O)OC(C)(C)C. The zero-order chi connectivity index (χ0) is 29.2. The maximum Gasteiger partial charge on any atom is 0.337 e. The maximum absolute atomic E-state index is 13.1. The Hall–Kier alpha value is -3.72. The Bertz CT molecular complexity index is 1180. The summed E-state index contributed by atoms with van der Waals surface area (Å²) in [6.45, 7) is 9.70. The number of aliphatic carboxylic acids is 1. The molecule has 0 aromatic heterocycles. The minimum Gasteiger partial charge on any atom is -0.479 e. The first kappa shape index (κ1) is 29.8. The molecule has 9 heteroatoms. The molecule has 1 aliphatic carbocycles. The molecule has 1 unspecified atom stereocenters. The lowest BCUT2D eigenvalue weighted by molar-refractivity contribution is -0.176. The lowest BCUT2D eigenvalue weighted by Gasteiger charge is -2.28. The average Bonchev–Trinajstić information content (AvgIpc) is 3.13. The molecule has 0 amide bonds. The van der Waals surface area contributed by atoms with Crippen molar-refractivity contribution in [3.8, 4) is 11.1 Å². The van der Waals surface area contributed by atoms with E-state index >= 15 is 0 Å². The summed E-state index contributed by atoms with van der Waals surface area (Å²) >= 11 is 0. The van der Waals surface area contributed by atoms with Crippen LogP contribution in [-0.2, 0) is 33.4 Å². The highest BCUT2D eigenvalue weighted by atomic mass is 16.6. The molecule has 0 bridgehead atoms. The van der Waals surface area contributed by atoms with Crippen molar-refractivity contribution in [3.05, 3.63) is 59.7 Å². The average molecular weight is 540 g/mol. The van der Waals surface area contributed by atoms with E-state index in [1.807, 2.05) is 48.5 Å². The first-order valence-corrected chi connectivity index (χ1v) is 12.9. The lowest BCUT2D eigenvalue weighted by Crippen LogP contribution is -2.56. The van der Waals surface area contributed by atoms with Gasteiger partial charge in [-0.2, -0.15) is 0 Å². The molecule has 0 radical (unpaired) electrons. The number of hydrogen-bond acceptors (Lipinski definition) is 8. The number of hydrogen-bond donors (Lipinski definition) is 2. The van der Waals surface area contributed by atoms with Gasteiger partial charge < -0.3 is 25.1 Å². The van der Waals surface area contributed by atoms with Crippen LogP contribution in [0.5, 0.6) is 0 Å². The Morgan fingerprint density at radius 2 is 1.26 bits per heavy atom. The summed E-state index contributed by atoms with van der Waals surface area (Å²) < 4.78 is 16.2. The van der Waals surface area contributed by atoms with E-state index < -0.39 is 59.4 Å². The molecule has 3 rings (SSSR count). The number of rotatable bonds is 9. The molecular weight excluding hydrogens is 502 g/mol. The maximum atomic E-state index is 13.1. The summed E-state index contributed by atoms with van der Waals surface area (Å²) in [5.74, 6) is -6.35. The van der Waals surface area contributed by atoms with Gasteiger partial charge in [0.25, 0.3) is 0 Å². The summed E-state index contributed by atoms with van der Waals surface area (Å²) in [5.41, 5.74) is 5.72. The van der Waals surface area contributed by atoms with Gasteiger partial charge in [0.05, 0.1) is 0 Å². The predicted octanol–water partition coefficient (Wildman–Crippen LogP) is 4.20. The van der Waals surface area contributed by atoms with Gasteiger partial charge in [0, 0.05) is 5.92 Å². The Labute approximate surface area is 228 Å². The van der Waals surface area contributed by atoms with Gasteiger partial charge in [-0.05, 0) is 76.6 Å². The van der Waals surface area contributed by atoms with E-state index in [9.17, 15) is 24.3 Å². The van der Waals surface area contributed by atoms with E-state index in [-0.39, 0.29) is 12.5 Å². The molecule has 0 aliphatic heterocycles. The zero-order valence-electron chi connectivity index (χ0n) is 23.3. The molecule has 210 valence electrons. The fourth-order valence-electron chi connectivity index (χ4n) is 4.47. The highest BCUT2D eigenvalue weighted by molar-refractivity contribution is 6.04. The predicted molar refractivity (Wildman–Crippen MR) is 144 cm³/mol. The Morgan fingerprint density at radius 1 is 0.821 bits per heavy atom. The van der Waals surface area contributed by atoms with Gasteiger partial charge in [-0.3, -0.25) is 9.59 Å². The molecule has 39 heavy (non-hydrogen) atoms. The number of carboxylic acids is 1. The van der Waals surface area contributed by atoms with Crippen molar-refractivity contribution < 1.29 is 38.5 Å². The fourth-order valence-corrected chi connectivity index (χ4v) is 4.47. The van der Waals surface area contributed by atoms with Gasteiger partial charge in [0.1, 0.15) is 17.8 Å². The third kappa shape index (κ3) is 7.03. The summed E-state index contributed by atoms with van der Waals surface area (Å²) in [7, 11) is 0. The third-order valence-electron chi connectivity index (χ3n) is 6.30. The van der Waals surface area contributed by atoms with Gasteiger partial charge in [-0.15, -0.1) is 0 Å². The van der Waals surface area contributed by atoms with Crippen LogP contribution in [0.3, 0.4) is 0 Å². The van der Waals surface area contributed by atoms with Crippen LogP contribution >= 0.6 is 0 Å². The van der Waals surface area contributed by atoms with Crippen molar-refractivity contribution in [2.45, 2.75) is 77.0 Å². The number of carboxylic acid groups (broad SMARTS) is 1. The molecule has 1 aliphatic rings. The van der Waals surface area contributed by atoms with Crippen molar-refractivity contribution in [3.63, 3.8) is 0 Å². The van der Waals surface area contributed by atoms with Crippen molar-refractivity contribution >= 4 is 23.9 Å². The Balaban J connectivity index is 1.78. The van der Waals surface area contributed by atoms with Gasteiger partial charge >= 0.3 is 23.9 Å². The monoisotopic (exact) mass is 539 g/mol. The molecule has 3 N–H and O–H groups in total.